The highest BCUT2D eigenvalue weighted by molar-refractivity contribution is 7.80. The third-order valence-electron chi connectivity index (χ3n) is 6.39. The van der Waals surface area contributed by atoms with Crippen molar-refractivity contribution in [3.8, 4) is 17.1 Å². The van der Waals surface area contributed by atoms with Crippen LogP contribution in [0.1, 0.15) is 61.3 Å². The average molecular weight is 511 g/mol. The van der Waals surface area contributed by atoms with E-state index in [0.29, 0.717) is 23.2 Å². The fraction of sp³-hybridized carbons (Fsp3) is 0.290. The van der Waals surface area contributed by atoms with E-state index in [0.717, 1.165) is 29.8 Å². The second kappa shape index (κ2) is 12.1. The molecule has 0 spiro atoms. The first-order chi connectivity index (χ1) is 17.8. The van der Waals surface area contributed by atoms with Crippen LogP contribution in [0.25, 0.3) is 17.1 Å². The molecule has 0 aliphatic heterocycles. The minimum Gasteiger partial charge on any atom is -0.349 e. The Hall–Kier alpha value is -3.64. The molecular formula is C31H34N4OS. The summed E-state index contributed by atoms with van der Waals surface area (Å²) < 4.78 is 1.79. The SMILES string of the molecule is Cc1ccc(-n2cnc(-c3ccc(CCCC(=O)CC(=S)Nc4cc(C)ccc4C(C)C)cc3)n2)cc1. The van der Waals surface area contributed by atoms with Gasteiger partial charge in [-0.15, -0.1) is 5.10 Å². The minimum atomic E-state index is 0.165. The van der Waals surface area contributed by atoms with E-state index in [1.807, 2.05) is 24.3 Å². The van der Waals surface area contributed by atoms with Crippen LogP contribution in [0.3, 0.4) is 0 Å². The summed E-state index contributed by atoms with van der Waals surface area (Å²) >= 11 is 5.50. The van der Waals surface area contributed by atoms with Gasteiger partial charge < -0.3 is 5.32 Å². The lowest BCUT2D eigenvalue weighted by molar-refractivity contribution is -0.117. The van der Waals surface area contributed by atoms with Gasteiger partial charge in [-0.2, -0.15) is 0 Å². The maximum absolute atomic E-state index is 12.6. The molecule has 3 aromatic carbocycles. The molecule has 1 heterocycles. The number of aromatic nitrogens is 3. The number of carbonyl (C=O) groups excluding carboxylic acids is 1. The molecule has 4 aromatic rings. The monoisotopic (exact) mass is 510 g/mol. The van der Waals surface area contributed by atoms with E-state index >= 15 is 0 Å². The summed E-state index contributed by atoms with van der Waals surface area (Å²) in [7, 11) is 0. The average Bonchev–Trinajstić information content (AvgIpc) is 3.35. The topological polar surface area (TPSA) is 59.8 Å². The number of rotatable bonds is 10. The zero-order chi connectivity index (χ0) is 26.4. The first-order valence-electron chi connectivity index (χ1n) is 12.8. The van der Waals surface area contributed by atoms with Crippen LogP contribution in [0.4, 0.5) is 5.69 Å². The van der Waals surface area contributed by atoms with E-state index in [1.54, 1.807) is 11.0 Å². The molecule has 0 saturated heterocycles. The number of Topliss-reactive ketones (excluding diaryl/α,β-unsaturated/α-hetero) is 1. The van der Waals surface area contributed by atoms with Gasteiger partial charge in [0.15, 0.2) is 5.82 Å². The van der Waals surface area contributed by atoms with E-state index in [2.05, 4.69) is 85.6 Å². The number of aryl methyl sites for hydroxylation is 3. The molecule has 0 fully saturated rings. The summed E-state index contributed by atoms with van der Waals surface area (Å²) in [5.74, 6) is 1.24. The number of hydrogen-bond acceptors (Lipinski definition) is 4. The summed E-state index contributed by atoms with van der Waals surface area (Å²) in [5, 5.41) is 7.92. The standard InChI is InChI=1S/C31H34N4OS/c1-21(2)28-17-10-23(4)18-29(28)33-30(37)19-27(36)7-5-6-24-11-13-25(14-12-24)31-32-20-35(34-31)26-15-8-22(3)9-16-26/h8-18,20-21H,5-7,19H2,1-4H3,(H,33,37). The number of ketones is 1. The van der Waals surface area contributed by atoms with Crippen LogP contribution in [0.2, 0.25) is 0 Å². The van der Waals surface area contributed by atoms with Gasteiger partial charge in [0.2, 0.25) is 0 Å². The number of nitrogens with zero attached hydrogens (tertiary/aromatic N) is 3. The highest BCUT2D eigenvalue weighted by Gasteiger charge is 2.12. The number of hydrogen-bond donors (Lipinski definition) is 1. The summed E-state index contributed by atoms with van der Waals surface area (Å²) in [4.78, 5) is 17.6. The van der Waals surface area contributed by atoms with Crippen LogP contribution in [-0.4, -0.2) is 25.5 Å². The van der Waals surface area contributed by atoms with Gasteiger partial charge in [0.05, 0.1) is 17.1 Å². The largest absolute Gasteiger partial charge is 0.349 e. The lowest BCUT2D eigenvalue weighted by Gasteiger charge is -2.16. The molecule has 1 aromatic heterocycles. The quantitative estimate of drug-likeness (QED) is 0.225. The first-order valence-corrected chi connectivity index (χ1v) is 13.2. The smallest absolute Gasteiger partial charge is 0.181 e. The molecule has 0 radical (unpaired) electrons. The molecule has 0 amide bonds. The van der Waals surface area contributed by atoms with Gasteiger partial charge in [0, 0.05) is 17.7 Å². The van der Waals surface area contributed by atoms with Crippen molar-refractivity contribution in [2.24, 2.45) is 0 Å². The highest BCUT2D eigenvalue weighted by Crippen LogP contribution is 2.26. The number of benzene rings is 3. The summed E-state index contributed by atoms with van der Waals surface area (Å²) in [5.41, 5.74) is 7.74. The summed E-state index contributed by atoms with van der Waals surface area (Å²) in [6, 6.07) is 22.8. The van der Waals surface area contributed by atoms with Gasteiger partial charge >= 0.3 is 0 Å². The van der Waals surface area contributed by atoms with Crippen molar-refractivity contribution in [3.05, 3.63) is 95.3 Å². The van der Waals surface area contributed by atoms with Crippen molar-refractivity contribution in [2.45, 2.75) is 59.3 Å². The highest BCUT2D eigenvalue weighted by atomic mass is 32.1. The fourth-order valence-corrected chi connectivity index (χ4v) is 4.54. The van der Waals surface area contributed by atoms with Crippen LogP contribution in [0.5, 0.6) is 0 Å². The third kappa shape index (κ3) is 7.20. The Kier molecular flexibility index (Phi) is 8.62. The number of carbonyl (C=O) groups is 1. The van der Waals surface area contributed by atoms with E-state index in [4.69, 9.17) is 12.2 Å². The molecule has 4 rings (SSSR count). The van der Waals surface area contributed by atoms with Crippen LogP contribution in [0, 0.1) is 13.8 Å². The third-order valence-corrected chi connectivity index (χ3v) is 6.63. The molecule has 0 unspecified atom stereocenters. The Labute approximate surface area is 225 Å². The molecule has 0 atom stereocenters. The molecule has 6 heteroatoms. The zero-order valence-electron chi connectivity index (χ0n) is 22.0. The normalized spacial score (nSPS) is 11.1. The van der Waals surface area contributed by atoms with Crippen molar-refractivity contribution in [3.63, 3.8) is 0 Å². The van der Waals surface area contributed by atoms with Gasteiger partial charge in [0.1, 0.15) is 12.1 Å². The Balaban J connectivity index is 1.25. The molecule has 5 nitrogen and oxygen atoms in total. The Morgan fingerprint density at radius 2 is 1.68 bits per heavy atom. The summed E-state index contributed by atoms with van der Waals surface area (Å²) in [6.07, 6.45) is 4.16. The van der Waals surface area contributed by atoms with Crippen LogP contribution in [-0.2, 0) is 11.2 Å². The lowest BCUT2D eigenvalue weighted by atomic mass is 9.99. The van der Waals surface area contributed by atoms with Gasteiger partial charge in [-0.1, -0.05) is 80.2 Å². The molecule has 0 aliphatic carbocycles. The molecule has 0 saturated carbocycles. The molecule has 37 heavy (non-hydrogen) atoms. The van der Waals surface area contributed by atoms with Gasteiger partial charge in [-0.25, -0.2) is 9.67 Å². The Morgan fingerprint density at radius 3 is 2.38 bits per heavy atom. The number of anilines is 1. The second-order valence-corrected chi connectivity index (χ2v) is 10.4. The van der Waals surface area contributed by atoms with E-state index in [-0.39, 0.29) is 12.2 Å². The predicted octanol–water partition coefficient (Wildman–Crippen LogP) is 7.40. The maximum atomic E-state index is 12.6. The van der Waals surface area contributed by atoms with E-state index in [9.17, 15) is 4.79 Å². The molecular weight excluding hydrogens is 476 g/mol. The van der Waals surface area contributed by atoms with E-state index in [1.165, 1.54) is 22.3 Å². The first kappa shape index (κ1) is 26.4. The molecule has 0 aliphatic rings. The Morgan fingerprint density at radius 1 is 0.973 bits per heavy atom. The van der Waals surface area contributed by atoms with Crippen molar-refractivity contribution in [1.82, 2.24) is 14.8 Å². The van der Waals surface area contributed by atoms with Crippen molar-refractivity contribution >= 4 is 28.7 Å². The summed E-state index contributed by atoms with van der Waals surface area (Å²) in [6.45, 7) is 8.44. The van der Waals surface area contributed by atoms with Crippen LogP contribution < -0.4 is 5.32 Å². The number of thiocarbonyl (C=S) groups is 1. The molecule has 1 N–H and O–H groups in total. The van der Waals surface area contributed by atoms with Crippen LogP contribution >= 0.6 is 12.2 Å². The fourth-order valence-electron chi connectivity index (χ4n) is 4.27. The lowest BCUT2D eigenvalue weighted by Crippen LogP contribution is -2.16. The van der Waals surface area contributed by atoms with Crippen molar-refractivity contribution in [1.29, 1.82) is 0 Å². The van der Waals surface area contributed by atoms with Crippen molar-refractivity contribution < 1.29 is 4.79 Å². The number of nitrogens with one attached hydrogen (secondary N) is 1. The zero-order valence-corrected chi connectivity index (χ0v) is 22.8. The van der Waals surface area contributed by atoms with Crippen LogP contribution in [0.15, 0.2) is 73.1 Å². The molecule has 190 valence electrons. The van der Waals surface area contributed by atoms with E-state index < -0.39 is 0 Å². The second-order valence-electron chi connectivity index (χ2n) is 9.91. The van der Waals surface area contributed by atoms with Gasteiger partial charge in [-0.3, -0.25) is 4.79 Å². The Bertz CT molecular complexity index is 1370. The van der Waals surface area contributed by atoms with Crippen molar-refractivity contribution in [2.75, 3.05) is 5.32 Å². The van der Waals surface area contributed by atoms with Gasteiger partial charge in [-0.05, 0) is 67.5 Å². The van der Waals surface area contributed by atoms with Gasteiger partial charge in [0.25, 0.3) is 0 Å². The minimum absolute atomic E-state index is 0.165. The molecule has 0 bridgehead atoms. The predicted molar refractivity (Wildman–Crippen MR) is 156 cm³/mol. The maximum Gasteiger partial charge on any atom is 0.181 e.